The number of carbonyl (C=O) groups excluding carboxylic acids is 1. The monoisotopic (exact) mass is 332 g/mol. The van der Waals surface area contributed by atoms with Crippen LogP contribution in [-0.4, -0.2) is 56.8 Å². The van der Waals surface area contributed by atoms with Gasteiger partial charge < -0.3 is 19.7 Å². The number of benzene rings is 1. The van der Waals surface area contributed by atoms with Crippen molar-refractivity contribution in [1.29, 1.82) is 0 Å². The maximum absolute atomic E-state index is 13.0. The SMILES string of the molecule is O=C(c1sc2ccccc2c1[C@H]1CNCCO1)N1CCOCC1. The molecule has 1 aromatic carbocycles. The Balaban J connectivity index is 1.76. The highest BCUT2D eigenvalue weighted by atomic mass is 32.1. The first kappa shape index (κ1) is 15.1. The van der Waals surface area contributed by atoms with Gasteiger partial charge in [0.2, 0.25) is 0 Å². The number of rotatable bonds is 2. The molecule has 6 heteroatoms. The van der Waals surface area contributed by atoms with Crippen LogP contribution in [-0.2, 0) is 9.47 Å². The van der Waals surface area contributed by atoms with Gasteiger partial charge in [-0.3, -0.25) is 4.79 Å². The molecule has 0 aliphatic carbocycles. The number of carbonyl (C=O) groups is 1. The summed E-state index contributed by atoms with van der Waals surface area (Å²) in [7, 11) is 0. The van der Waals surface area contributed by atoms with Gasteiger partial charge in [-0.15, -0.1) is 11.3 Å². The van der Waals surface area contributed by atoms with E-state index in [1.807, 2.05) is 17.0 Å². The van der Waals surface area contributed by atoms with E-state index >= 15 is 0 Å². The van der Waals surface area contributed by atoms with E-state index < -0.39 is 0 Å². The summed E-state index contributed by atoms with van der Waals surface area (Å²) in [4.78, 5) is 15.8. The average molecular weight is 332 g/mol. The molecule has 1 aromatic heterocycles. The van der Waals surface area contributed by atoms with Crippen LogP contribution in [0.5, 0.6) is 0 Å². The Kier molecular flexibility index (Phi) is 4.31. The van der Waals surface area contributed by atoms with Gasteiger partial charge in [0.15, 0.2) is 0 Å². The first-order chi connectivity index (χ1) is 11.3. The topological polar surface area (TPSA) is 50.8 Å². The molecule has 0 radical (unpaired) electrons. The van der Waals surface area contributed by atoms with Gasteiger partial charge in [0.05, 0.1) is 30.8 Å². The Morgan fingerprint density at radius 3 is 2.83 bits per heavy atom. The van der Waals surface area contributed by atoms with E-state index in [2.05, 4.69) is 17.4 Å². The van der Waals surface area contributed by atoms with E-state index in [-0.39, 0.29) is 12.0 Å². The van der Waals surface area contributed by atoms with Crippen molar-refractivity contribution in [2.75, 3.05) is 46.0 Å². The standard InChI is InChI=1S/C17H20N2O3S/c20-17(19-6-9-21-10-7-19)16-15(13-11-18-5-8-22-13)12-3-1-2-4-14(12)23-16/h1-4,13,18H,5-11H2/t13-/m1/s1. The van der Waals surface area contributed by atoms with Gasteiger partial charge in [-0.25, -0.2) is 0 Å². The molecule has 0 spiro atoms. The van der Waals surface area contributed by atoms with Crippen LogP contribution in [0.1, 0.15) is 21.3 Å². The molecule has 2 aromatic rings. The lowest BCUT2D eigenvalue weighted by Gasteiger charge is -2.28. The summed E-state index contributed by atoms with van der Waals surface area (Å²) in [6.45, 7) is 4.86. The third-order valence-electron chi connectivity index (χ3n) is 4.38. The van der Waals surface area contributed by atoms with Crippen LogP contribution in [0.25, 0.3) is 10.1 Å². The summed E-state index contributed by atoms with van der Waals surface area (Å²) in [5.74, 6) is 0.110. The number of ether oxygens (including phenoxy) is 2. The second-order valence-corrected chi connectivity index (χ2v) is 6.86. The minimum absolute atomic E-state index is 0.0557. The summed E-state index contributed by atoms with van der Waals surface area (Å²) in [5, 5.41) is 4.51. The fourth-order valence-electron chi connectivity index (χ4n) is 3.20. The van der Waals surface area contributed by atoms with E-state index in [0.29, 0.717) is 32.9 Å². The van der Waals surface area contributed by atoms with Gasteiger partial charge >= 0.3 is 0 Å². The fourth-order valence-corrected chi connectivity index (χ4v) is 4.43. The van der Waals surface area contributed by atoms with Crippen LogP contribution in [0, 0.1) is 0 Å². The molecule has 5 nitrogen and oxygen atoms in total. The quantitative estimate of drug-likeness (QED) is 0.914. The van der Waals surface area contributed by atoms with E-state index in [1.54, 1.807) is 11.3 Å². The van der Waals surface area contributed by atoms with Gasteiger partial charge in [0, 0.05) is 36.4 Å². The van der Waals surface area contributed by atoms with Gasteiger partial charge in [-0.2, -0.15) is 0 Å². The largest absolute Gasteiger partial charge is 0.378 e. The Bertz CT molecular complexity index is 703. The van der Waals surface area contributed by atoms with E-state index in [4.69, 9.17) is 9.47 Å². The van der Waals surface area contributed by atoms with Crippen LogP contribution >= 0.6 is 11.3 Å². The molecule has 2 aliphatic rings. The van der Waals surface area contributed by atoms with Crippen LogP contribution in [0.2, 0.25) is 0 Å². The van der Waals surface area contributed by atoms with Crippen LogP contribution in [0.3, 0.4) is 0 Å². The zero-order valence-corrected chi connectivity index (χ0v) is 13.7. The molecule has 0 unspecified atom stereocenters. The fraction of sp³-hybridized carbons (Fsp3) is 0.471. The smallest absolute Gasteiger partial charge is 0.264 e. The van der Waals surface area contributed by atoms with Crippen molar-refractivity contribution in [3.63, 3.8) is 0 Å². The van der Waals surface area contributed by atoms with E-state index in [0.717, 1.165) is 33.6 Å². The van der Waals surface area contributed by atoms with Crippen molar-refractivity contribution in [2.45, 2.75) is 6.10 Å². The summed E-state index contributed by atoms with van der Waals surface area (Å²) in [6.07, 6.45) is -0.0557. The maximum atomic E-state index is 13.0. The number of amides is 1. The molecule has 2 fully saturated rings. The van der Waals surface area contributed by atoms with Gasteiger partial charge in [0.25, 0.3) is 5.91 Å². The molecule has 1 amide bonds. The number of nitrogens with zero attached hydrogens (tertiary/aromatic N) is 1. The molecule has 3 heterocycles. The number of thiophene rings is 1. The summed E-state index contributed by atoms with van der Waals surface area (Å²) >= 11 is 1.58. The van der Waals surface area contributed by atoms with Gasteiger partial charge in [-0.05, 0) is 11.5 Å². The zero-order chi connectivity index (χ0) is 15.6. The molecule has 122 valence electrons. The van der Waals surface area contributed by atoms with Crippen molar-refractivity contribution >= 4 is 27.3 Å². The predicted octanol–water partition coefficient (Wildman–Crippen LogP) is 2.03. The molecule has 0 bridgehead atoms. The number of hydrogen-bond acceptors (Lipinski definition) is 5. The minimum Gasteiger partial charge on any atom is -0.378 e. The van der Waals surface area contributed by atoms with Gasteiger partial charge in [-0.1, -0.05) is 18.2 Å². The highest BCUT2D eigenvalue weighted by molar-refractivity contribution is 7.21. The third kappa shape index (κ3) is 2.87. The van der Waals surface area contributed by atoms with Crippen LogP contribution < -0.4 is 5.32 Å². The first-order valence-corrected chi connectivity index (χ1v) is 8.87. The van der Waals surface area contributed by atoms with Crippen molar-refractivity contribution in [2.24, 2.45) is 0 Å². The molecule has 2 aliphatic heterocycles. The second-order valence-electron chi connectivity index (χ2n) is 5.81. The predicted molar refractivity (Wildman–Crippen MR) is 90.1 cm³/mol. The van der Waals surface area contributed by atoms with Crippen molar-refractivity contribution in [3.05, 3.63) is 34.7 Å². The van der Waals surface area contributed by atoms with Crippen LogP contribution in [0.4, 0.5) is 0 Å². The van der Waals surface area contributed by atoms with E-state index in [9.17, 15) is 4.79 Å². The number of fused-ring (bicyclic) bond motifs is 1. The molecule has 4 rings (SSSR count). The van der Waals surface area contributed by atoms with Gasteiger partial charge in [0.1, 0.15) is 0 Å². The normalized spacial score (nSPS) is 22.4. The summed E-state index contributed by atoms with van der Waals surface area (Å²) in [5.41, 5.74) is 1.05. The first-order valence-electron chi connectivity index (χ1n) is 8.05. The lowest BCUT2D eigenvalue weighted by atomic mass is 10.0. The van der Waals surface area contributed by atoms with E-state index in [1.165, 1.54) is 0 Å². The molecular weight excluding hydrogens is 312 g/mol. The molecule has 0 saturated carbocycles. The van der Waals surface area contributed by atoms with Crippen molar-refractivity contribution < 1.29 is 14.3 Å². The molecular formula is C17H20N2O3S. The Labute approximate surface area is 139 Å². The zero-order valence-electron chi connectivity index (χ0n) is 12.9. The minimum atomic E-state index is -0.0557. The highest BCUT2D eigenvalue weighted by Crippen LogP contribution is 2.38. The summed E-state index contributed by atoms with van der Waals surface area (Å²) < 4.78 is 12.5. The number of hydrogen-bond donors (Lipinski definition) is 1. The number of nitrogens with one attached hydrogen (secondary N) is 1. The number of morpholine rings is 2. The molecule has 2 saturated heterocycles. The van der Waals surface area contributed by atoms with Crippen molar-refractivity contribution in [1.82, 2.24) is 10.2 Å². The Hall–Kier alpha value is -1.47. The third-order valence-corrected chi connectivity index (χ3v) is 5.55. The lowest BCUT2D eigenvalue weighted by Crippen LogP contribution is -2.41. The highest BCUT2D eigenvalue weighted by Gasteiger charge is 2.29. The Morgan fingerprint density at radius 2 is 2.04 bits per heavy atom. The van der Waals surface area contributed by atoms with Crippen molar-refractivity contribution in [3.8, 4) is 0 Å². The lowest BCUT2D eigenvalue weighted by molar-refractivity contribution is 0.0240. The maximum Gasteiger partial charge on any atom is 0.264 e. The van der Waals surface area contributed by atoms with Crippen LogP contribution in [0.15, 0.2) is 24.3 Å². The second kappa shape index (κ2) is 6.57. The molecule has 23 heavy (non-hydrogen) atoms. The Morgan fingerprint density at radius 1 is 1.22 bits per heavy atom. The summed E-state index contributed by atoms with van der Waals surface area (Å²) in [6, 6.07) is 8.22. The average Bonchev–Trinajstić information content (AvgIpc) is 3.02. The molecule has 1 atom stereocenters. The molecule has 1 N–H and O–H groups in total.